The summed E-state index contributed by atoms with van der Waals surface area (Å²) in [4.78, 5) is 0. The van der Waals surface area contributed by atoms with Gasteiger partial charge in [0, 0.05) is 0 Å². The number of benzene rings is 3. The van der Waals surface area contributed by atoms with Crippen LogP contribution in [0.25, 0.3) is 0 Å². The molecule has 0 saturated carbocycles. The van der Waals surface area contributed by atoms with Crippen LogP contribution in [0.1, 0.15) is 16.7 Å². The summed E-state index contributed by atoms with van der Waals surface area (Å²) in [5.41, 5.74) is 3.96. The summed E-state index contributed by atoms with van der Waals surface area (Å²) in [7, 11) is 0. The third-order valence-corrected chi connectivity index (χ3v) is 8.45. The third kappa shape index (κ3) is 9.57. The molecule has 0 aliphatic heterocycles. The van der Waals surface area contributed by atoms with Crippen molar-refractivity contribution in [1.82, 2.24) is 0 Å². The zero-order chi connectivity index (χ0) is 21.9. The summed E-state index contributed by atoms with van der Waals surface area (Å²) >= 11 is -12.3. The summed E-state index contributed by atoms with van der Waals surface area (Å²) in [6.45, 7) is 6.45. The molecule has 0 saturated heterocycles. The first kappa shape index (κ1) is 23.6. The second kappa shape index (κ2) is 7.86. The molecule has 0 amide bonds. The van der Waals surface area contributed by atoms with Gasteiger partial charge in [0.25, 0.3) is 0 Å². The van der Waals surface area contributed by atoms with Crippen LogP contribution in [-0.4, -0.2) is 28.1 Å². The van der Waals surface area contributed by atoms with E-state index in [2.05, 4.69) is 93.6 Å². The summed E-state index contributed by atoms with van der Waals surface area (Å²) in [5.74, 6) is 0. The van der Waals surface area contributed by atoms with Crippen LogP contribution in [0.5, 0.6) is 0 Å². The van der Waals surface area contributed by atoms with Gasteiger partial charge in [-0.3, -0.25) is 0 Å². The molecular weight excluding hydrogens is 520 g/mol. The van der Waals surface area contributed by atoms with Crippen molar-refractivity contribution in [3.05, 3.63) is 89.5 Å². The molecule has 0 N–H and O–H groups in total. The van der Waals surface area contributed by atoms with Crippen LogP contribution in [0.3, 0.4) is 0 Å². The molecule has 3 aromatic carbocycles. The molecule has 0 aliphatic carbocycles. The van der Waals surface area contributed by atoms with E-state index in [4.69, 9.17) is 0 Å². The van der Waals surface area contributed by atoms with E-state index in [1.165, 1.54) is 30.1 Å². The number of halogens is 6. The molecule has 3 rings (SSSR count). The summed E-state index contributed by atoms with van der Waals surface area (Å²) < 4.78 is 63.8. The van der Waals surface area contributed by atoms with Crippen LogP contribution in [0.2, 0.25) is 0 Å². The van der Waals surface area contributed by atoms with E-state index in [9.17, 15) is 20.8 Å². The van der Waals surface area contributed by atoms with E-state index < -0.39 is 28.1 Å². The van der Waals surface area contributed by atoms with Gasteiger partial charge in [0.2, 0.25) is 0 Å². The first-order valence-corrected chi connectivity index (χ1v) is 15.4. The van der Waals surface area contributed by atoms with Crippen LogP contribution < -0.4 is 13.4 Å². The monoisotopic (exact) mass is 542 g/mol. The number of hydrogen-bond acceptors (Lipinski definition) is 0. The zero-order valence-electron chi connectivity index (χ0n) is 16.1. The fourth-order valence-electron chi connectivity index (χ4n) is 2.43. The maximum atomic E-state index is 9.91. The van der Waals surface area contributed by atoms with Crippen molar-refractivity contribution in [2.24, 2.45) is 0 Å². The van der Waals surface area contributed by atoms with E-state index in [1.54, 1.807) is 0 Å². The minimum absolute atomic E-state index is 1.20. The van der Waals surface area contributed by atoms with Crippen LogP contribution in [0, 0.1) is 20.8 Å². The quantitative estimate of drug-likeness (QED) is 0.314. The second-order valence-corrected chi connectivity index (χ2v) is 15.0. The van der Waals surface area contributed by atoms with Crippen molar-refractivity contribution >= 4 is 41.5 Å². The topological polar surface area (TPSA) is 0 Å². The van der Waals surface area contributed by atoms with Crippen LogP contribution >= 0.6 is 0 Å². The van der Waals surface area contributed by atoms with Crippen molar-refractivity contribution < 1.29 is 20.8 Å². The van der Waals surface area contributed by atoms with Crippen molar-refractivity contribution in [3.8, 4) is 0 Å². The number of rotatable bonds is 3. The molecule has 8 heteroatoms. The Bertz CT molecular complexity index is 828. The van der Waals surface area contributed by atoms with E-state index in [0.29, 0.717) is 0 Å². The molecule has 0 spiro atoms. The van der Waals surface area contributed by atoms with Gasteiger partial charge >= 0.3 is 173 Å². The predicted molar refractivity (Wildman–Crippen MR) is 111 cm³/mol. The van der Waals surface area contributed by atoms with Crippen molar-refractivity contribution in [3.63, 3.8) is 0 Å². The van der Waals surface area contributed by atoms with Gasteiger partial charge in [-0.2, -0.15) is 0 Å². The fraction of sp³-hybridized carbons (Fsp3) is 0.143. The normalized spacial score (nSPS) is 13.9. The second-order valence-electron chi connectivity index (χ2n) is 6.70. The average Bonchev–Trinajstić information content (AvgIpc) is 2.57. The predicted octanol–water partition coefficient (Wildman–Crippen LogP) is 5.27. The molecule has 158 valence electrons. The SMILES string of the molecule is Cc1ccc([Se+](c2ccc(C)cc2)c2ccc(C)cc2)cc1.F[As-](F)(F)(F)(F)F. The summed E-state index contributed by atoms with van der Waals surface area (Å²) in [5, 5.41) is 0. The Labute approximate surface area is 172 Å². The Morgan fingerprint density at radius 2 is 0.621 bits per heavy atom. The van der Waals surface area contributed by atoms with Crippen LogP contribution in [0.4, 0.5) is 20.8 Å². The van der Waals surface area contributed by atoms with E-state index in [-0.39, 0.29) is 0 Å². The molecule has 0 nitrogen and oxygen atoms in total. The number of aryl methyl sites for hydroxylation is 3. The van der Waals surface area contributed by atoms with Crippen LogP contribution in [0.15, 0.2) is 72.8 Å². The standard InChI is InChI=1S/C21H21Se.AsF6/c1-16-4-10-19(11-5-16)22(20-12-6-17(2)7-13-20)21-14-8-18(3)9-15-21;2-1(3,4,5,6)7/h4-15H,1-3H3;/q+1;-1. The molecule has 0 fully saturated rings. The van der Waals surface area contributed by atoms with Gasteiger partial charge in [0.15, 0.2) is 0 Å². The molecule has 0 aliphatic rings. The zero-order valence-corrected chi connectivity index (χ0v) is 19.6. The first-order chi connectivity index (χ1) is 13.1. The van der Waals surface area contributed by atoms with Crippen LogP contribution in [-0.2, 0) is 0 Å². The van der Waals surface area contributed by atoms with Crippen molar-refractivity contribution in [1.29, 1.82) is 0 Å². The Hall–Kier alpha value is -1.68. The molecule has 3 aromatic rings. The molecule has 0 radical (unpaired) electrons. The molecule has 0 bridgehead atoms. The first-order valence-electron chi connectivity index (χ1n) is 8.59. The Morgan fingerprint density at radius 3 is 0.793 bits per heavy atom. The van der Waals surface area contributed by atoms with Gasteiger partial charge in [-0.15, -0.1) is 0 Å². The van der Waals surface area contributed by atoms with E-state index in [1.807, 2.05) is 0 Å². The molecule has 29 heavy (non-hydrogen) atoms. The molecule has 0 atom stereocenters. The Morgan fingerprint density at radius 1 is 0.448 bits per heavy atom. The molecule has 0 unspecified atom stereocenters. The third-order valence-electron chi connectivity index (χ3n) is 3.77. The number of hydrogen-bond donors (Lipinski definition) is 0. The van der Waals surface area contributed by atoms with Gasteiger partial charge in [0.1, 0.15) is 0 Å². The van der Waals surface area contributed by atoms with Gasteiger partial charge in [-0.25, -0.2) is 0 Å². The van der Waals surface area contributed by atoms with E-state index >= 15 is 0 Å². The Kier molecular flexibility index (Phi) is 6.40. The molecule has 0 aromatic heterocycles. The maximum absolute atomic E-state index is 11.1. The minimum atomic E-state index is -11.1. The van der Waals surface area contributed by atoms with Crippen molar-refractivity contribution in [2.45, 2.75) is 20.8 Å². The van der Waals surface area contributed by atoms with Gasteiger partial charge in [-0.1, -0.05) is 0 Å². The van der Waals surface area contributed by atoms with Crippen molar-refractivity contribution in [2.75, 3.05) is 0 Å². The van der Waals surface area contributed by atoms with Gasteiger partial charge in [-0.05, 0) is 0 Å². The fourth-order valence-corrected chi connectivity index (χ4v) is 6.71. The average molecular weight is 541 g/mol. The van der Waals surface area contributed by atoms with E-state index in [0.717, 1.165) is 0 Å². The van der Waals surface area contributed by atoms with Gasteiger partial charge < -0.3 is 0 Å². The summed E-state index contributed by atoms with van der Waals surface area (Å²) in [6, 6.07) is 27.2. The molecular formula is C21H21AsF6Se. The molecule has 0 heterocycles. The van der Waals surface area contributed by atoms with Gasteiger partial charge in [0.05, 0.1) is 0 Å². The summed E-state index contributed by atoms with van der Waals surface area (Å²) in [6.07, 6.45) is 0. The Balaban J connectivity index is 0.000000370.